The van der Waals surface area contributed by atoms with Crippen LogP contribution in [0.1, 0.15) is 22.3 Å². The van der Waals surface area contributed by atoms with E-state index in [0.29, 0.717) is 36.7 Å². The van der Waals surface area contributed by atoms with Gasteiger partial charge in [-0.2, -0.15) is 4.99 Å². The molecule has 5 rings (SSSR count). The third-order valence-electron chi connectivity index (χ3n) is 5.95. The van der Waals surface area contributed by atoms with Gasteiger partial charge in [-0.05, 0) is 30.7 Å². The van der Waals surface area contributed by atoms with E-state index in [-0.39, 0.29) is 17.1 Å². The van der Waals surface area contributed by atoms with E-state index >= 15 is 0 Å². The second kappa shape index (κ2) is 11.0. The molecule has 0 aliphatic carbocycles. The maximum atomic E-state index is 12.8. The fraction of sp³-hybridized carbons (Fsp3) is 0.269. The number of ether oxygens (including phenoxy) is 2. The molecule has 0 bridgehead atoms. The number of carbonyl (C=O) groups excluding carboxylic acids is 1. The Labute approximate surface area is 213 Å². The fourth-order valence-corrected chi connectivity index (χ4v) is 4.16. The van der Waals surface area contributed by atoms with Crippen LogP contribution in [0.2, 0.25) is 0 Å². The van der Waals surface area contributed by atoms with Gasteiger partial charge in [0.1, 0.15) is 11.3 Å². The first-order chi connectivity index (χ1) is 18.1. The summed E-state index contributed by atoms with van der Waals surface area (Å²) in [6.45, 7) is 3.46. The molecule has 1 aliphatic heterocycles. The Bertz CT molecular complexity index is 1470. The van der Waals surface area contributed by atoms with Crippen LogP contribution in [-0.2, 0) is 13.1 Å². The average molecular weight is 501 g/mol. The van der Waals surface area contributed by atoms with Gasteiger partial charge in [-0.1, -0.05) is 30.3 Å². The average Bonchev–Trinajstić information content (AvgIpc) is 3.42. The Morgan fingerprint density at radius 1 is 1.19 bits per heavy atom. The van der Waals surface area contributed by atoms with Crippen molar-refractivity contribution in [3.05, 3.63) is 71.6 Å². The highest BCUT2D eigenvalue weighted by atomic mass is 16.5. The summed E-state index contributed by atoms with van der Waals surface area (Å²) in [7, 11) is 1.58. The Balaban J connectivity index is 1.36. The number of nitrogens with one attached hydrogen (secondary N) is 2. The van der Waals surface area contributed by atoms with E-state index < -0.39 is 5.91 Å². The largest absolute Gasteiger partial charge is 0.491 e. The molecule has 0 spiro atoms. The van der Waals surface area contributed by atoms with Crippen molar-refractivity contribution in [3.8, 4) is 11.5 Å². The van der Waals surface area contributed by atoms with E-state index in [2.05, 4.69) is 37.7 Å². The van der Waals surface area contributed by atoms with Crippen molar-refractivity contribution in [2.75, 3.05) is 37.9 Å². The molecule has 0 radical (unpaired) electrons. The zero-order valence-corrected chi connectivity index (χ0v) is 20.5. The molecule has 11 heteroatoms. The predicted molar refractivity (Wildman–Crippen MR) is 139 cm³/mol. The zero-order valence-electron chi connectivity index (χ0n) is 20.5. The molecule has 0 saturated carbocycles. The summed E-state index contributed by atoms with van der Waals surface area (Å²) in [5.41, 5.74) is 7.81. The number of amides is 1. The number of aromatic nitrogens is 4. The summed E-state index contributed by atoms with van der Waals surface area (Å²) in [6.07, 6.45) is 3.51. The summed E-state index contributed by atoms with van der Waals surface area (Å²) in [5.74, 6) is 1.47. The quantitative estimate of drug-likeness (QED) is 0.295. The number of nitrogen functional groups attached to an aromatic ring is 1. The third-order valence-corrected chi connectivity index (χ3v) is 5.95. The second-order valence-corrected chi connectivity index (χ2v) is 8.44. The van der Waals surface area contributed by atoms with E-state index in [4.69, 9.17) is 20.2 Å². The molecule has 0 fully saturated rings. The molecule has 4 aromatic rings. The number of hydrogen-bond acceptors (Lipinski definition) is 9. The predicted octanol–water partition coefficient (Wildman–Crippen LogP) is 2.14. The van der Waals surface area contributed by atoms with Crippen LogP contribution < -0.4 is 31.5 Å². The highest BCUT2D eigenvalue weighted by Crippen LogP contribution is 2.37. The van der Waals surface area contributed by atoms with Gasteiger partial charge in [-0.25, -0.2) is 15.0 Å². The molecule has 11 nitrogen and oxygen atoms in total. The van der Waals surface area contributed by atoms with Crippen LogP contribution in [0.5, 0.6) is 11.5 Å². The molecular weight excluding hydrogens is 472 g/mol. The van der Waals surface area contributed by atoms with E-state index in [1.807, 2.05) is 34.9 Å². The maximum Gasteiger partial charge on any atom is 0.283 e. The number of methoxy groups -OCH3 is 1. The van der Waals surface area contributed by atoms with Crippen molar-refractivity contribution in [1.82, 2.24) is 24.8 Å². The Morgan fingerprint density at radius 2 is 2.00 bits per heavy atom. The van der Waals surface area contributed by atoms with Gasteiger partial charge in [0.25, 0.3) is 5.91 Å². The summed E-state index contributed by atoms with van der Waals surface area (Å²) >= 11 is 0. The topological polar surface area (TPSA) is 142 Å². The lowest BCUT2D eigenvalue weighted by molar-refractivity contribution is 0.0996. The van der Waals surface area contributed by atoms with Gasteiger partial charge < -0.3 is 25.8 Å². The van der Waals surface area contributed by atoms with Gasteiger partial charge in [0.15, 0.2) is 11.5 Å². The normalized spacial score (nSPS) is 12.8. The summed E-state index contributed by atoms with van der Waals surface area (Å²) in [6, 6.07) is 14.1. The molecule has 4 N–H and O–H groups in total. The molecule has 1 amide bonds. The van der Waals surface area contributed by atoms with Crippen molar-refractivity contribution in [3.63, 3.8) is 0 Å². The molecule has 190 valence electrons. The molecule has 1 aliphatic rings. The van der Waals surface area contributed by atoms with E-state index in [1.165, 1.54) is 18.0 Å². The van der Waals surface area contributed by atoms with E-state index in [9.17, 15) is 4.79 Å². The van der Waals surface area contributed by atoms with Gasteiger partial charge in [0.2, 0.25) is 11.6 Å². The monoisotopic (exact) mass is 500 g/mol. The number of fused-ring (bicyclic) bond motifs is 3. The number of hydrogen-bond donors (Lipinski definition) is 3. The van der Waals surface area contributed by atoms with Crippen LogP contribution >= 0.6 is 0 Å². The Hall–Kier alpha value is -4.51. The highest BCUT2D eigenvalue weighted by Gasteiger charge is 2.21. The van der Waals surface area contributed by atoms with Gasteiger partial charge in [0.05, 0.1) is 19.3 Å². The van der Waals surface area contributed by atoms with Crippen LogP contribution in [0.4, 0.5) is 11.8 Å². The molecule has 0 saturated heterocycles. The minimum absolute atomic E-state index is 0.0871. The summed E-state index contributed by atoms with van der Waals surface area (Å²) < 4.78 is 13.6. The van der Waals surface area contributed by atoms with Gasteiger partial charge in [-0.3, -0.25) is 9.36 Å². The molecule has 2 aromatic heterocycles. The number of rotatable bonds is 9. The fourth-order valence-electron chi connectivity index (χ4n) is 4.16. The standard InChI is InChI=1S/C26H28N8O3/c1-36-22-20(37-13-5-10-28-14-17-6-3-2-4-7-17)9-8-19-21(22)32-26(34-12-11-29-23(19)34)33-24(35)18-15-30-25(27)31-16-18/h2-4,6-9,15-16,28-29H,5,10-14H2,1H3,(H2,27,30,31). The number of nitrogens with zero attached hydrogens (tertiary/aromatic N) is 5. The lowest BCUT2D eigenvalue weighted by Gasteiger charge is -2.15. The summed E-state index contributed by atoms with van der Waals surface area (Å²) in [5, 5.41) is 7.64. The number of nitrogens with two attached hydrogens (primary N) is 1. The van der Waals surface area contributed by atoms with Crippen LogP contribution in [0.3, 0.4) is 0 Å². The van der Waals surface area contributed by atoms with Crippen molar-refractivity contribution in [1.29, 1.82) is 0 Å². The van der Waals surface area contributed by atoms with Crippen LogP contribution in [0.25, 0.3) is 10.9 Å². The maximum absolute atomic E-state index is 12.8. The smallest absolute Gasteiger partial charge is 0.283 e. The van der Waals surface area contributed by atoms with Crippen molar-refractivity contribution < 1.29 is 14.3 Å². The Morgan fingerprint density at radius 3 is 2.78 bits per heavy atom. The van der Waals surface area contributed by atoms with Crippen LogP contribution in [-0.4, -0.2) is 52.2 Å². The molecule has 2 aromatic carbocycles. The van der Waals surface area contributed by atoms with Crippen LogP contribution in [0.15, 0.2) is 59.9 Å². The molecule has 0 unspecified atom stereocenters. The molecule has 3 heterocycles. The highest BCUT2D eigenvalue weighted by molar-refractivity contribution is 5.96. The molecule has 37 heavy (non-hydrogen) atoms. The lowest BCUT2D eigenvalue weighted by atomic mass is 10.2. The van der Waals surface area contributed by atoms with E-state index in [0.717, 1.165) is 30.7 Å². The minimum Gasteiger partial charge on any atom is -0.491 e. The van der Waals surface area contributed by atoms with Gasteiger partial charge >= 0.3 is 0 Å². The van der Waals surface area contributed by atoms with Crippen molar-refractivity contribution in [2.24, 2.45) is 4.99 Å². The first-order valence-corrected chi connectivity index (χ1v) is 12.0. The number of benzene rings is 2. The molecular formula is C26H28N8O3. The van der Waals surface area contributed by atoms with Gasteiger partial charge in [0, 0.05) is 37.4 Å². The number of anilines is 2. The second-order valence-electron chi connectivity index (χ2n) is 8.44. The van der Waals surface area contributed by atoms with Crippen LogP contribution in [0, 0.1) is 0 Å². The summed E-state index contributed by atoms with van der Waals surface area (Å²) in [4.78, 5) is 29.5. The SMILES string of the molecule is COc1c(OCCCNCc2ccccc2)ccc2c3n(c(=NC(=O)c4cnc(N)nc4)nc12)CCN3. The first kappa shape index (κ1) is 24.2. The minimum atomic E-state index is -0.511. The third kappa shape index (κ3) is 5.36. The van der Waals surface area contributed by atoms with E-state index in [1.54, 1.807) is 7.11 Å². The number of carbonyl (C=O) groups is 1. The van der Waals surface area contributed by atoms with Crippen molar-refractivity contribution >= 4 is 28.6 Å². The van der Waals surface area contributed by atoms with Crippen molar-refractivity contribution in [2.45, 2.75) is 19.5 Å². The zero-order chi connectivity index (χ0) is 25.6. The van der Waals surface area contributed by atoms with Gasteiger partial charge in [-0.15, -0.1) is 0 Å². The molecule has 0 atom stereocenters. The first-order valence-electron chi connectivity index (χ1n) is 12.0. The lowest BCUT2D eigenvalue weighted by Crippen LogP contribution is -2.25. The Kier molecular flexibility index (Phi) is 7.22.